The van der Waals surface area contributed by atoms with E-state index in [1.165, 1.54) is 6.20 Å². The fraction of sp³-hybridized carbons (Fsp3) is 0.432. The first-order valence-electron chi connectivity index (χ1n) is 17.2. The number of aromatic nitrogens is 2. The van der Waals surface area contributed by atoms with E-state index in [1.807, 2.05) is 44.2 Å². The van der Waals surface area contributed by atoms with Crippen LogP contribution in [0.5, 0.6) is 0 Å². The van der Waals surface area contributed by atoms with Crippen LogP contribution in [0.3, 0.4) is 0 Å². The Morgan fingerprint density at radius 1 is 0.843 bits per heavy atom. The molecule has 0 saturated heterocycles. The summed E-state index contributed by atoms with van der Waals surface area (Å²) in [6, 6.07) is 13.0. The Morgan fingerprint density at radius 3 is 2.22 bits per heavy atom. The number of hydrogen-bond donors (Lipinski definition) is 5. The van der Waals surface area contributed by atoms with Gasteiger partial charge in [-0.05, 0) is 62.3 Å². The van der Waals surface area contributed by atoms with Gasteiger partial charge in [-0.1, -0.05) is 56.3 Å². The number of amides is 5. The maximum absolute atomic E-state index is 13.7. The van der Waals surface area contributed by atoms with Crippen molar-refractivity contribution < 1.29 is 24.0 Å². The zero-order chi connectivity index (χ0) is 37.1. The molecule has 14 heteroatoms. The Kier molecular flexibility index (Phi) is 13.5. The molecule has 272 valence electrons. The third-order valence-corrected chi connectivity index (χ3v) is 8.59. The molecule has 0 fully saturated rings. The summed E-state index contributed by atoms with van der Waals surface area (Å²) in [7, 11) is 0. The van der Waals surface area contributed by atoms with E-state index in [4.69, 9.17) is 0 Å². The van der Waals surface area contributed by atoms with Gasteiger partial charge in [0.15, 0.2) is 0 Å². The smallest absolute Gasteiger partial charge is 0.328 e. The normalized spacial score (nSPS) is 19.8. The van der Waals surface area contributed by atoms with Crippen LogP contribution in [0.1, 0.15) is 67.1 Å². The molecule has 2 bridgehead atoms. The van der Waals surface area contributed by atoms with Crippen LogP contribution in [0.25, 0.3) is 0 Å². The molecule has 5 rings (SSSR count). The molecule has 14 nitrogen and oxygen atoms in total. The highest BCUT2D eigenvalue weighted by Crippen LogP contribution is 2.13. The number of hydrogen-bond acceptors (Lipinski definition) is 7. The molecule has 3 heterocycles. The van der Waals surface area contributed by atoms with Gasteiger partial charge in [-0.2, -0.15) is 0 Å². The second-order valence-corrected chi connectivity index (χ2v) is 13.3. The molecule has 1 aromatic heterocycles. The number of fused-ring (bicyclic) bond motifs is 18. The summed E-state index contributed by atoms with van der Waals surface area (Å²) in [5, 5.41) is 11.2. The van der Waals surface area contributed by atoms with Crippen LogP contribution < -0.4 is 32.5 Å². The van der Waals surface area contributed by atoms with Crippen LogP contribution in [0.2, 0.25) is 0 Å². The van der Waals surface area contributed by atoms with Crippen molar-refractivity contribution >= 4 is 29.5 Å². The molecule has 3 atom stereocenters. The van der Waals surface area contributed by atoms with Gasteiger partial charge >= 0.3 is 5.69 Å². The first-order chi connectivity index (χ1) is 24.3. The van der Waals surface area contributed by atoms with Gasteiger partial charge in [0.05, 0.1) is 0 Å². The van der Waals surface area contributed by atoms with E-state index in [2.05, 4.69) is 26.3 Å². The molecule has 2 aliphatic heterocycles. The van der Waals surface area contributed by atoms with Crippen molar-refractivity contribution in [1.29, 1.82) is 0 Å². The Labute approximate surface area is 296 Å². The van der Waals surface area contributed by atoms with Gasteiger partial charge in [0.2, 0.25) is 23.6 Å². The van der Waals surface area contributed by atoms with Gasteiger partial charge in [0.1, 0.15) is 24.7 Å². The molecule has 0 saturated carbocycles. The highest BCUT2D eigenvalue weighted by atomic mass is 16.2. The van der Waals surface area contributed by atoms with E-state index in [9.17, 15) is 33.6 Å². The number of rotatable bonds is 6. The van der Waals surface area contributed by atoms with E-state index >= 15 is 0 Å². The topological polar surface area (TPSA) is 192 Å². The van der Waals surface area contributed by atoms with Crippen molar-refractivity contribution in [3.05, 3.63) is 104 Å². The first kappa shape index (κ1) is 38.3. The van der Waals surface area contributed by atoms with Gasteiger partial charge in [0.25, 0.3) is 11.5 Å². The maximum Gasteiger partial charge on any atom is 0.328 e. The summed E-state index contributed by atoms with van der Waals surface area (Å²) in [5.41, 5.74) is 0.883. The minimum Gasteiger partial charge on any atom is -0.354 e. The zero-order valence-electron chi connectivity index (χ0n) is 29.5. The summed E-state index contributed by atoms with van der Waals surface area (Å²) >= 11 is 0. The van der Waals surface area contributed by atoms with E-state index in [1.54, 1.807) is 43.0 Å². The number of benzene rings is 2. The standard InChI is InChI=1S/C37H47N7O7/c1-23(2)18-29-35(49)39-25(4)33(47)38-16-8-9-17-43(31(45)22-44-20-24(3)32(46)42-37(44)51)21-27-12-14-28(15-13-27)34(48)40-30(36(50)41-29)19-26-10-6-5-7-11-26/h5-7,10-15,20,23,25,29-30H,8-9,16-19,21-22H2,1-4H3,(H,38,47)(H,39,49)(H,40,48)(H,41,50)(H,42,46,51)/t25-,29+,30-/m1/s1. The second kappa shape index (κ2) is 17.9. The summed E-state index contributed by atoms with van der Waals surface area (Å²) in [6.45, 7) is 7.39. The van der Waals surface area contributed by atoms with Crippen LogP contribution in [-0.2, 0) is 38.7 Å². The predicted molar refractivity (Wildman–Crippen MR) is 191 cm³/mol. The number of nitrogens with one attached hydrogen (secondary N) is 5. The Balaban J connectivity index is 1.62. The number of H-pyrrole nitrogens is 1. The number of aryl methyl sites for hydroxylation is 1. The lowest BCUT2D eigenvalue weighted by Gasteiger charge is -2.25. The first-order valence-corrected chi connectivity index (χ1v) is 17.2. The number of aromatic amines is 1. The molecular weight excluding hydrogens is 654 g/mol. The Bertz CT molecular complexity index is 1820. The zero-order valence-corrected chi connectivity index (χ0v) is 29.5. The quantitative estimate of drug-likeness (QED) is 0.238. The van der Waals surface area contributed by atoms with Crippen LogP contribution in [0.4, 0.5) is 0 Å². The predicted octanol–water partition coefficient (Wildman–Crippen LogP) is 1.16. The van der Waals surface area contributed by atoms with Crippen molar-refractivity contribution in [2.75, 3.05) is 13.1 Å². The van der Waals surface area contributed by atoms with E-state index in [-0.39, 0.29) is 37.9 Å². The second-order valence-electron chi connectivity index (χ2n) is 13.3. The third-order valence-electron chi connectivity index (χ3n) is 8.59. The summed E-state index contributed by atoms with van der Waals surface area (Å²) in [5.74, 6) is -2.29. The Hall–Kier alpha value is -5.53. The van der Waals surface area contributed by atoms with E-state index in [0.29, 0.717) is 36.9 Å². The summed E-state index contributed by atoms with van der Waals surface area (Å²) in [6.07, 6.45) is 2.85. The fourth-order valence-electron chi connectivity index (χ4n) is 5.70. The average molecular weight is 702 g/mol. The highest BCUT2D eigenvalue weighted by molar-refractivity contribution is 5.99. The molecule has 5 N–H and O–H groups in total. The lowest BCUT2D eigenvalue weighted by atomic mass is 10.0. The SMILES string of the molecule is Cc1cn(CC(=O)N2CCCCNC(=O)[C@@H](C)NC(=O)[C@H](CC(C)C)NC(=O)[C@@H](Cc3ccccc3)NC(=O)c3ccc(cc3)C2)c(=O)[nH]c1=O. The molecule has 0 radical (unpaired) electrons. The van der Waals surface area contributed by atoms with Gasteiger partial charge in [0, 0.05) is 43.4 Å². The minimum absolute atomic E-state index is 0.0357. The van der Waals surface area contributed by atoms with Gasteiger partial charge < -0.3 is 26.2 Å². The lowest BCUT2D eigenvalue weighted by Crippen LogP contribution is -2.57. The van der Waals surface area contributed by atoms with Crippen LogP contribution in [0, 0.1) is 12.8 Å². The lowest BCUT2D eigenvalue weighted by molar-refractivity contribution is -0.133. The Morgan fingerprint density at radius 2 is 1.53 bits per heavy atom. The summed E-state index contributed by atoms with van der Waals surface area (Å²) < 4.78 is 1.15. The molecule has 0 aliphatic carbocycles. The number of nitrogens with zero attached hydrogens (tertiary/aromatic N) is 2. The van der Waals surface area contributed by atoms with Gasteiger partial charge in [-0.25, -0.2) is 4.79 Å². The van der Waals surface area contributed by atoms with Crippen LogP contribution >= 0.6 is 0 Å². The summed E-state index contributed by atoms with van der Waals surface area (Å²) in [4.78, 5) is 95.1. The molecule has 51 heavy (non-hydrogen) atoms. The van der Waals surface area contributed by atoms with Gasteiger partial charge in [-0.3, -0.25) is 38.3 Å². The monoisotopic (exact) mass is 701 g/mol. The molecular formula is C37H47N7O7. The minimum atomic E-state index is -1.02. The highest BCUT2D eigenvalue weighted by Gasteiger charge is 2.29. The number of carbonyl (C=O) groups excluding carboxylic acids is 5. The van der Waals surface area contributed by atoms with E-state index in [0.717, 1.165) is 15.7 Å². The van der Waals surface area contributed by atoms with Crippen molar-refractivity contribution in [3.63, 3.8) is 0 Å². The third kappa shape index (κ3) is 11.2. The van der Waals surface area contributed by atoms with Crippen LogP contribution in [0.15, 0.2) is 70.4 Å². The largest absolute Gasteiger partial charge is 0.354 e. The molecule has 0 spiro atoms. The van der Waals surface area contributed by atoms with Crippen molar-refractivity contribution in [1.82, 2.24) is 35.7 Å². The van der Waals surface area contributed by atoms with Crippen molar-refractivity contribution in [3.8, 4) is 0 Å². The fourth-order valence-corrected chi connectivity index (χ4v) is 5.70. The van der Waals surface area contributed by atoms with Crippen LogP contribution in [-0.4, -0.2) is 75.2 Å². The number of carbonyl (C=O) groups is 5. The average Bonchev–Trinajstić information content (AvgIpc) is 3.09. The van der Waals surface area contributed by atoms with Crippen molar-refractivity contribution in [2.24, 2.45) is 5.92 Å². The molecule has 2 aliphatic rings. The van der Waals surface area contributed by atoms with E-state index < -0.39 is 53.0 Å². The molecule has 2 aromatic carbocycles. The molecule has 3 aromatic rings. The van der Waals surface area contributed by atoms with Crippen molar-refractivity contribution in [2.45, 2.75) is 84.6 Å². The maximum atomic E-state index is 13.7. The molecule has 5 amide bonds. The van der Waals surface area contributed by atoms with Gasteiger partial charge in [-0.15, -0.1) is 0 Å². The molecule has 0 unspecified atom stereocenters.